The van der Waals surface area contributed by atoms with E-state index in [2.05, 4.69) is 6.92 Å². The van der Waals surface area contributed by atoms with E-state index in [4.69, 9.17) is 9.47 Å². The van der Waals surface area contributed by atoms with E-state index in [0.717, 1.165) is 32.1 Å². The Labute approximate surface area is 145 Å². The molecule has 1 unspecified atom stereocenters. The highest BCUT2D eigenvalue weighted by atomic mass is 16.5. The first kappa shape index (κ1) is 20.2. The van der Waals surface area contributed by atoms with Crippen molar-refractivity contribution in [3.63, 3.8) is 0 Å². The number of rotatable bonds is 10. The Morgan fingerprint density at radius 2 is 1.50 bits per heavy atom. The molecule has 134 valence electrons. The van der Waals surface area contributed by atoms with Crippen LogP contribution in [0.3, 0.4) is 0 Å². The van der Waals surface area contributed by atoms with Crippen molar-refractivity contribution in [2.75, 3.05) is 6.61 Å². The third-order valence-corrected chi connectivity index (χ3v) is 3.99. The summed E-state index contributed by atoms with van der Waals surface area (Å²) in [5.41, 5.74) is 0.909. The summed E-state index contributed by atoms with van der Waals surface area (Å²) in [5, 5.41) is 0. The Balaban J connectivity index is 2.52. The van der Waals surface area contributed by atoms with Crippen LogP contribution in [0.4, 0.5) is 0 Å². The third kappa shape index (κ3) is 6.73. The van der Waals surface area contributed by atoms with Crippen molar-refractivity contribution in [1.29, 1.82) is 0 Å². The van der Waals surface area contributed by atoms with Gasteiger partial charge in [-0.2, -0.15) is 0 Å². The predicted octanol–water partition coefficient (Wildman–Crippen LogP) is 5.02. The first-order valence-corrected chi connectivity index (χ1v) is 8.97. The van der Waals surface area contributed by atoms with Gasteiger partial charge in [0.1, 0.15) is 6.10 Å². The van der Waals surface area contributed by atoms with Crippen LogP contribution in [0.25, 0.3) is 0 Å². The lowest BCUT2D eigenvalue weighted by Crippen LogP contribution is -2.22. The summed E-state index contributed by atoms with van der Waals surface area (Å²) in [6.07, 6.45) is 4.96. The van der Waals surface area contributed by atoms with Crippen molar-refractivity contribution in [1.82, 2.24) is 0 Å². The zero-order valence-electron chi connectivity index (χ0n) is 15.3. The SMILES string of the molecule is CCCCCCOC(=O)c1ccc(C(=O)OC(CC)C(C)C)cc1. The Morgan fingerprint density at radius 3 is 2.00 bits per heavy atom. The summed E-state index contributed by atoms with van der Waals surface area (Å²) in [5.74, 6) is -0.420. The predicted molar refractivity (Wildman–Crippen MR) is 95.2 cm³/mol. The minimum Gasteiger partial charge on any atom is -0.462 e. The molecule has 1 atom stereocenters. The van der Waals surface area contributed by atoms with E-state index in [1.165, 1.54) is 0 Å². The molecule has 0 aliphatic heterocycles. The zero-order valence-corrected chi connectivity index (χ0v) is 15.3. The van der Waals surface area contributed by atoms with Gasteiger partial charge < -0.3 is 9.47 Å². The first-order chi connectivity index (χ1) is 11.5. The second-order valence-corrected chi connectivity index (χ2v) is 6.37. The summed E-state index contributed by atoms with van der Waals surface area (Å²) in [4.78, 5) is 24.1. The van der Waals surface area contributed by atoms with Gasteiger partial charge in [0.05, 0.1) is 17.7 Å². The Bertz CT molecular complexity index is 505. The van der Waals surface area contributed by atoms with Crippen LogP contribution in [-0.2, 0) is 9.47 Å². The molecule has 1 rings (SSSR count). The monoisotopic (exact) mass is 334 g/mol. The molecule has 0 radical (unpaired) electrons. The van der Waals surface area contributed by atoms with Gasteiger partial charge in [-0.3, -0.25) is 0 Å². The molecule has 0 fully saturated rings. The molecule has 0 bridgehead atoms. The number of carbonyl (C=O) groups is 2. The standard InChI is InChI=1S/C20H30O4/c1-5-7-8-9-14-23-19(21)16-10-12-17(13-11-16)20(22)24-18(6-2)15(3)4/h10-13,15,18H,5-9,14H2,1-4H3. The lowest BCUT2D eigenvalue weighted by atomic mass is 10.1. The second kappa shape index (κ2) is 10.8. The van der Waals surface area contributed by atoms with Crippen molar-refractivity contribution < 1.29 is 19.1 Å². The molecule has 0 amide bonds. The third-order valence-electron chi connectivity index (χ3n) is 3.99. The molecule has 0 aliphatic carbocycles. The summed E-state index contributed by atoms with van der Waals surface area (Å²) < 4.78 is 10.7. The number of ether oxygens (including phenoxy) is 2. The van der Waals surface area contributed by atoms with Crippen LogP contribution in [0.5, 0.6) is 0 Å². The lowest BCUT2D eigenvalue weighted by Gasteiger charge is -2.19. The summed E-state index contributed by atoms with van der Waals surface area (Å²) in [6, 6.07) is 6.45. The maximum absolute atomic E-state index is 12.1. The van der Waals surface area contributed by atoms with Gasteiger partial charge in [-0.15, -0.1) is 0 Å². The van der Waals surface area contributed by atoms with Gasteiger partial charge in [0, 0.05) is 0 Å². The van der Waals surface area contributed by atoms with Crippen LogP contribution in [-0.4, -0.2) is 24.6 Å². The van der Waals surface area contributed by atoms with Gasteiger partial charge in [-0.25, -0.2) is 9.59 Å². The highest BCUT2D eigenvalue weighted by Crippen LogP contribution is 2.14. The molecule has 0 saturated carbocycles. The smallest absolute Gasteiger partial charge is 0.338 e. The maximum Gasteiger partial charge on any atom is 0.338 e. The fraction of sp³-hybridized carbons (Fsp3) is 0.600. The first-order valence-electron chi connectivity index (χ1n) is 8.97. The van der Waals surface area contributed by atoms with Gasteiger partial charge in [-0.05, 0) is 43.0 Å². The molecular weight excluding hydrogens is 304 g/mol. The van der Waals surface area contributed by atoms with Gasteiger partial charge in [0.2, 0.25) is 0 Å². The van der Waals surface area contributed by atoms with E-state index < -0.39 is 0 Å². The molecule has 0 spiro atoms. The van der Waals surface area contributed by atoms with E-state index in [9.17, 15) is 9.59 Å². The molecule has 0 N–H and O–H groups in total. The molecule has 0 saturated heterocycles. The molecule has 1 aromatic rings. The van der Waals surface area contributed by atoms with Crippen molar-refractivity contribution >= 4 is 11.9 Å². The number of hydrogen-bond acceptors (Lipinski definition) is 4. The molecule has 1 aromatic carbocycles. The van der Waals surface area contributed by atoms with E-state index >= 15 is 0 Å². The number of benzene rings is 1. The lowest BCUT2D eigenvalue weighted by molar-refractivity contribution is 0.0173. The Kier molecular flexibility index (Phi) is 9.13. The summed E-state index contributed by atoms with van der Waals surface area (Å²) in [6.45, 7) is 8.64. The minimum atomic E-state index is -0.352. The van der Waals surface area contributed by atoms with Crippen LogP contribution in [0.2, 0.25) is 0 Å². The van der Waals surface area contributed by atoms with E-state index in [-0.39, 0.29) is 24.0 Å². The van der Waals surface area contributed by atoms with Crippen LogP contribution in [0.15, 0.2) is 24.3 Å². The van der Waals surface area contributed by atoms with Crippen molar-refractivity contribution in [2.45, 2.75) is 65.9 Å². The zero-order chi connectivity index (χ0) is 17.9. The fourth-order valence-corrected chi connectivity index (χ4v) is 2.42. The van der Waals surface area contributed by atoms with Crippen LogP contribution >= 0.6 is 0 Å². The van der Waals surface area contributed by atoms with Crippen LogP contribution < -0.4 is 0 Å². The quantitative estimate of drug-likeness (QED) is 0.445. The largest absolute Gasteiger partial charge is 0.462 e. The number of carbonyl (C=O) groups excluding carboxylic acids is 2. The van der Waals surface area contributed by atoms with Crippen LogP contribution in [0.1, 0.15) is 80.5 Å². The molecule has 24 heavy (non-hydrogen) atoms. The normalized spacial score (nSPS) is 12.0. The van der Waals surface area contributed by atoms with E-state index in [1.54, 1.807) is 24.3 Å². The Morgan fingerprint density at radius 1 is 0.917 bits per heavy atom. The highest BCUT2D eigenvalue weighted by molar-refractivity contribution is 5.93. The summed E-state index contributed by atoms with van der Waals surface area (Å²) >= 11 is 0. The molecule has 4 heteroatoms. The van der Waals surface area contributed by atoms with Crippen molar-refractivity contribution in [3.8, 4) is 0 Å². The molecule has 0 aromatic heterocycles. The number of unbranched alkanes of at least 4 members (excludes halogenated alkanes) is 3. The Hall–Kier alpha value is -1.84. The molecule has 4 nitrogen and oxygen atoms in total. The van der Waals surface area contributed by atoms with E-state index in [1.807, 2.05) is 20.8 Å². The topological polar surface area (TPSA) is 52.6 Å². The van der Waals surface area contributed by atoms with Gasteiger partial charge in [0.25, 0.3) is 0 Å². The van der Waals surface area contributed by atoms with Crippen LogP contribution in [0, 0.1) is 5.92 Å². The average molecular weight is 334 g/mol. The van der Waals surface area contributed by atoms with Gasteiger partial charge in [0.15, 0.2) is 0 Å². The fourth-order valence-electron chi connectivity index (χ4n) is 2.42. The van der Waals surface area contributed by atoms with Crippen molar-refractivity contribution in [2.24, 2.45) is 5.92 Å². The average Bonchev–Trinajstić information content (AvgIpc) is 2.58. The number of hydrogen-bond donors (Lipinski definition) is 0. The van der Waals surface area contributed by atoms with Crippen molar-refractivity contribution in [3.05, 3.63) is 35.4 Å². The number of esters is 2. The van der Waals surface area contributed by atoms with Gasteiger partial charge >= 0.3 is 11.9 Å². The van der Waals surface area contributed by atoms with Gasteiger partial charge in [-0.1, -0.05) is 47.0 Å². The summed E-state index contributed by atoms with van der Waals surface area (Å²) in [7, 11) is 0. The second-order valence-electron chi connectivity index (χ2n) is 6.37. The molecular formula is C20H30O4. The molecule has 0 heterocycles. The molecule has 0 aliphatic rings. The highest BCUT2D eigenvalue weighted by Gasteiger charge is 2.18. The van der Waals surface area contributed by atoms with E-state index in [0.29, 0.717) is 17.7 Å². The maximum atomic E-state index is 12.1. The minimum absolute atomic E-state index is 0.0923.